The van der Waals surface area contributed by atoms with Crippen molar-refractivity contribution < 1.29 is 14.2 Å². The highest BCUT2D eigenvalue weighted by atomic mass is 16.7. The second kappa shape index (κ2) is 7.36. The summed E-state index contributed by atoms with van der Waals surface area (Å²) in [5.74, 6) is 1.64. The second-order valence-corrected chi connectivity index (χ2v) is 4.74. The molecular weight excluding hydrogens is 242 g/mol. The SMILES string of the molecule is CCCCCOCC(NC)c1ccc2c(c1)OCO2. The molecule has 1 aromatic carbocycles. The van der Waals surface area contributed by atoms with Gasteiger partial charge in [0.1, 0.15) is 0 Å². The zero-order chi connectivity index (χ0) is 13.5. The van der Waals surface area contributed by atoms with Crippen LogP contribution in [0.15, 0.2) is 18.2 Å². The van der Waals surface area contributed by atoms with Gasteiger partial charge >= 0.3 is 0 Å². The van der Waals surface area contributed by atoms with Gasteiger partial charge in [-0.3, -0.25) is 0 Å². The summed E-state index contributed by atoms with van der Waals surface area (Å²) in [7, 11) is 1.95. The fourth-order valence-electron chi connectivity index (χ4n) is 2.13. The largest absolute Gasteiger partial charge is 0.454 e. The molecule has 0 spiro atoms. The molecule has 1 heterocycles. The minimum Gasteiger partial charge on any atom is -0.454 e. The van der Waals surface area contributed by atoms with Crippen LogP contribution in [0.3, 0.4) is 0 Å². The van der Waals surface area contributed by atoms with E-state index in [1.165, 1.54) is 18.4 Å². The van der Waals surface area contributed by atoms with Gasteiger partial charge in [0, 0.05) is 6.61 Å². The zero-order valence-corrected chi connectivity index (χ0v) is 11.8. The Kier molecular flexibility index (Phi) is 5.48. The number of hydrogen-bond donors (Lipinski definition) is 1. The van der Waals surface area contributed by atoms with E-state index in [1.807, 2.05) is 19.2 Å². The van der Waals surface area contributed by atoms with Gasteiger partial charge in [-0.2, -0.15) is 0 Å². The Balaban J connectivity index is 1.86. The average molecular weight is 265 g/mol. The molecule has 106 valence electrons. The van der Waals surface area contributed by atoms with Crippen molar-refractivity contribution in [1.82, 2.24) is 5.32 Å². The van der Waals surface area contributed by atoms with E-state index in [9.17, 15) is 0 Å². The fraction of sp³-hybridized carbons (Fsp3) is 0.600. The van der Waals surface area contributed by atoms with Crippen LogP contribution in [0, 0.1) is 0 Å². The van der Waals surface area contributed by atoms with Crippen molar-refractivity contribution in [3.63, 3.8) is 0 Å². The van der Waals surface area contributed by atoms with E-state index in [-0.39, 0.29) is 6.04 Å². The van der Waals surface area contributed by atoms with E-state index < -0.39 is 0 Å². The summed E-state index contributed by atoms with van der Waals surface area (Å²) in [5.41, 5.74) is 1.17. The van der Waals surface area contributed by atoms with Crippen molar-refractivity contribution in [2.45, 2.75) is 32.2 Å². The van der Waals surface area contributed by atoms with Crippen LogP contribution in [0.2, 0.25) is 0 Å². The van der Waals surface area contributed by atoms with Gasteiger partial charge in [-0.15, -0.1) is 0 Å². The Morgan fingerprint density at radius 2 is 2.11 bits per heavy atom. The van der Waals surface area contributed by atoms with Gasteiger partial charge in [-0.1, -0.05) is 25.8 Å². The van der Waals surface area contributed by atoms with Crippen molar-refractivity contribution in [1.29, 1.82) is 0 Å². The number of rotatable bonds is 8. The third-order valence-corrected chi connectivity index (χ3v) is 3.32. The third-order valence-electron chi connectivity index (χ3n) is 3.32. The molecule has 4 heteroatoms. The van der Waals surface area contributed by atoms with E-state index in [1.54, 1.807) is 0 Å². The molecule has 4 nitrogen and oxygen atoms in total. The Morgan fingerprint density at radius 3 is 2.89 bits per heavy atom. The van der Waals surface area contributed by atoms with E-state index in [4.69, 9.17) is 14.2 Å². The van der Waals surface area contributed by atoms with E-state index in [0.29, 0.717) is 13.4 Å². The lowest BCUT2D eigenvalue weighted by Gasteiger charge is -2.17. The van der Waals surface area contributed by atoms with Crippen molar-refractivity contribution in [3.8, 4) is 11.5 Å². The Labute approximate surface area is 115 Å². The maximum Gasteiger partial charge on any atom is 0.231 e. The van der Waals surface area contributed by atoms with Gasteiger partial charge in [0.2, 0.25) is 6.79 Å². The quantitative estimate of drug-likeness (QED) is 0.734. The van der Waals surface area contributed by atoms with Crippen molar-refractivity contribution in [3.05, 3.63) is 23.8 Å². The van der Waals surface area contributed by atoms with E-state index in [0.717, 1.165) is 24.5 Å². The number of ether oxygens (including phenoxy) is 3. The molecule has 0 aromatic heterocycles. The van der Waals surface area contributed by atoms with E-state index in [2.05, 4.69) is 18.3 Å². The van der Waals surface area contributed by atoms with Crippen LogP contribution in [0.25, 0.3) is 0 Å². The summed E-state index contributed by atoms with van der Waals surface area (Å²) in [6, 6.07) is 6.23. The predicted molar refractivity (Wildman–Crippen MR) is 74.7 cm³/mol. The first kappa shape index (κ1) is 14.2. The molecular formula is C15H23NO3. The first-order valence-corrected chi connectivity index (χ1v) is 6.99. The van der Waals surface area contributed by atoms with Crippen LogP contribution in [-0.4, -0.2) is 27.1 Å². The van der Waals surface area contributed by atoms with Crippen LogP contribution >= 0.6 is 0 Å². The molecule has 1 unspecified atom stereocenters. The molecule has 0 amide bonds. The molecule has 0 saturated heterocycles. The zero-order valence-electron chi connectivity index (χ0n) is 11.8. The molecule has 0 saturated carbocycles. The highest BCUT2D eigenvalue weighted by Gasteiger charge is 2.17. The normalized spacial score (nSPS) is 14.6. The van der Waals surface area contributed by atoms with Gasteiger partial charge in [-0.25, -0.2) is 0 Å². The molecule has 1 atom stereocenters. The minimum absolute atomic E-state index is 0.191. The number of unbranched alkanes of at least 4 members (excludes halogenated alkanes) is 2. The van der Waals surface area contributed by atoms with Gasteiger partial charge < -0.3 is 19.5 Å². The van der Waals surface area contributed by atoms with Crippen LogP contribution in [-0.2, 0) is 4.74 Å². The summed E-state index contributed by atoms with van der Waals surface area (Å²) < 4.78 is 16.4. The maximum atomic E-state index is 5.73. The first-order valence-electron chi connectivity index (χ1n) is 6.99. The standard InChI is InChI=1S/C15H23NO3/c1-3-4-5-8-17-10-13(16-2)12-6-7-14-15(9-12)19-11-18-14/h6-7,9,13,16H,3-5,8,10-11H2,1-2H3. The first-order chi connectivity index (χ1) is 9.35. The lowest BCUT2D eigenvalue weighted by molar-refractivity contribution is 0.110. The number of nitrogens with one attached hydrogen (secondary N) is 1. The highest BCUT2D eigenvalue weighted by Crippen LogP contribution is 2.34. The fourth-order valence-corrected chi connectivity index (χ4v) is 2.13. The minimum atomic E-state index is 0.191. The summed E-state index contributed by atoms with van der Waals surface area (Å²) in [6.45, 7) is 4.02. The monoisotopic (exact) mass is 265 g/mol. The van der Waals surface area contributed by atoms with Crippen LogP contribution in [0.1, 0.15) is 37.8 Å². The molecule has 0 radical (unpaired) electrons. The smallest absolute Gasteiger partial charge is 0.231 e. The highest BCUT2D eigenvalue weighted by molar-refractivity contribution is 5.45. The summed E-state index contributed by atoms with van der Waals surface area (Å²) in [4.78, 5) is 0. The Bertz CT molecular complexity index is 395. The van der Waals surface area contributed by atoms with Gasteiger partial charge in [0.05, 0.1) is 12.6 Å². The van der Waals surface area contributed by atoms with Crippen LogP contribution in [0.4, 0.5) is 0 Å². The van der Waals surface area contributed by atoms with Gasteiger partial charge in [0.25, 0.3) is 0 Å². The molecule has 0 aliphatic carbocycles. The third kappa shape index (κ3) is 3.85. The Morgan fingerprint density at radius 1 is 1.26 bits per heavy atom. The van der Waals surface area contributed by atoms with Crippen molar-refractivity contribution in [2.75, 3.05) is 27.1 Å². The molecule has 1 aromatic rings. The summed E-state index contributed by atoms with van der Waals surface area (Å²) in [5, 5.41) is 3.28. The molecule has 1 aliphatic heterocycles. The molecule has 1 aliphatic rings. The lowest BCUT2D eigenvalue weighted by Crippen LogP contribution is -2.22. The number of hydrogen-bond acceptors (Lipinski definition) is 4. The Hall–Kier alpha value is -1.26. The molecule has 19 heavy (non-hydrogen) atoms. The molecule has 0 bridgehead atoms. The average Bonchev–Trinajstić information content (AvgIpc) is 2.90. The maximum absolute atomic E-state index is 5.73. The summed E-state index contributed by atoms with van der Waals surface area (Å²) in [6.07, 6.45) is 3.59. The summed E-state index contributed by atoms with van der Waals surface area (Å²) >= 11 is 0. The van der Waals surface area contributed by atoms with Crippen molar-refractivity contribution >= 4 is 0 Å². The number of likely N-dealkylation sites (N-methyl/N-ethyl adjacent to an activating group) is 1. The topological polar surface area (TPSA) is 39.7 Å². The molecule has 1 N–H and O–H groups in total. The van der Waals surface area contributed by atoms with Crippen molar-refractivity contribution in [2.24, 2.45) is 0 Å². The molecule has 0 fully saturated rings. The van der Waals surface area contributed by atoms with Crippen LogP contribution < -0.4 is 14.8 Å². The van der Waals surface area contributed by atoms with Gasteiger partial charge in [-0.05, 0) is 31.2 Å². The van der Waals surface area contributed by atoms with Crippen LogP contribution in [0.5, 0.6) is 11.5 Å². The predicted octanol–water partition coefficient (Wildman–Crippen LogP) is 2.88. The number of fused-ring (bicyclic) bond motifs is 1. The lowest BCUT2D eigenvalue weighted by atomic mass is 10.1. The number of benzene rings is 1. The van der Waals surface area contributed by atoms with Gasteiger partial charge in [0.15, 0.2) is 11.5 Å². The molecule has 2 rings (SSSR count). The second-order valence-electron chi connectivity index (χ2n) is 4.74. The van der Waals surface area contributed by atoms with E-state index >= 15 is 0 Å².